The summed E-state index contributed by atoms with van der Waals surface area (Å²) in [5.41, 5.74) is -0.736. The van der Waals surface area contributed by atoms with Crippen molar-refractivity contribution in [3.05, 3.63) is 40.9 Å². The fourth-order valence-corrected chi connectivity index (χ4v) is 3.15. The van der Waals surface area contributed by atoms with Crippen molar-refractivity contribution in [1.29, 1.82) is 0 Å². The van der Waals surface area contributed by atoms with Crippen molar-refractivity contribution in [1.82, 2.24) is 4.90 Å². The quantitative estimate of drug-likeness (QED) is 0.555. The summed E-state index contributed by atoms with van der Waals surface area (Å²) < 4.78 is 54.6. The van der Waals surface area contributed by atoms with E-state index in [0.717, 1.165) is 12.1 Å². The van der Waals surface area contributed by atoms with Gasteiger partial charge in [-0.3, -0.25) is 14.5 Å². The zero-order chi connectivity index (χ0) is 24.8. The Balaban J connectivity index is 1.97. The van der Waals surface area contributed by atoms with Crippen LogP contribution >= 0.6 is 11.6 Å². The first-order valence-corrected chi connectivity index (χ1v) is 9.81. The van der Waals surface area contributed by atoms with Crippen LogP contribution in [0.4, 0.5) is 24.5 Å². The second kappa shape index (κ2) is 11.1. The summed E-state index contributed by atoms with van der Waals surface area (Å²) >= 11 is 5.57. The van der Waals surface area contributed by atoms with Crippen molar-refractivity contribution in [3.63, 3.8) is 0 Å². The van der Waals surface area contributed by atoms with Gasteiger partial charge >= 0.3 is 6.18 Å². The van der Waals surface area contributed by atoms with Gasteiger partial charge in [0, 0.05) is 23.5 Å². The third-order valence-electron chi connectivity index (χ3n) is 4.33. The lowest BCUT2D eigenvalue weighted by molar-refractivity contribution is -0.137. The van der Waals surface area contributed by atoms with Gasteiger partial charge in [0.05, 0.1) is 45.0 Å². The Hall–Kier alpha value is -3.18. The number of carbonyl (C=O) groups excluding carboxylic acids is 2. The number of halogens is 4. The lowest BCUT2D eigenvalue weighted by Crippen LogP contribution is -2.36. The normalized spacial score (nSPS) is 11.2. The Morgan fingerprint density at radius 3 is 1.88 bits per heavy atom. The average Bonchev–Trinajstić information content (AvgIpc) is 2.73. The van der Waals surface area contributed by atoms with Crippen LogP contribution in [0, 0.1) is 0 Å². The van der Waals surface area contributed by atoms with Crippen LogP contribution < -0.4 is 24.8 Å². The van der Waals surface area contributed by atoms with Gasteiger partial charge in [0.15, 0.2) is 11.5 Å². The third-order valence-corrected chi connectivity index (χ3v) is 4.66. The molecule has 0 fully saturated rings. The van der Waals surface area contributed by atoms with Gasteiger partial charge in [-0.2, -0.15) is 13.2 Å². The molecule has 2 aromatic rings. The highest BCUT2D eigenvalue weighted by molar-refractivity contribution is 6.31. The number of hydrogen-bond acceptors (Lipinski definition) is 6. The molecule has 0 aliphatic rings. The van der Waals surface area contributed by atoms with E-state index in [2.05, 4.69) is 10.6 Å². The first-order chi connectivity index (χ1) is 15.5. The van der Waals surface area contributed by atoms with Crippen LogP contribution in [0.15, 0.2) is 30.3 Å². The standard InChI is InChI=1S/C21H23ClF3N3O5/c1-28(10-18(29)26-12-5-6-15(22)14(7-12)21(23,24)25)11-19(30)27-13-8-16(31-2)20(33-4)17(9-13)32-3/h5-9H,10-11H2,1-4H3,(H,26,29)(H,27,30). The first-order valence-electron chi connectivity index (χ1n) is 9.43. The summed E-state index contributed by atoms with van der Waals surface area (Å²) in [6.07, 6.45) is -4.65. The van der Waals surface area contributed by atoms with Crippen LogP contribution in [0.3, 0.4) is 0 Å². The number of benzene rings is 2. The summed E-state index contributed by atoms with van der Waals surface area (Å²) in [5.74, 6) is 0.0174. The van der Waals surface area contributed by atoms with Crippen molar-refractivity contribution < 1.29 is 37.0 Å². The maximum atomic E-state index is 13.0. The van der Waals surface area contributed by atoms with Gasteiger partial charge in [-0.05, 0) is 25.2 Å². The number of anilines is 2. The van der Waals surface area contributed by atoms with Crippen LogP contribution in [0.5, 0.6) is 17.2 Å². The second-order valence-electron chi connectivity index (χ2n) is 6.88. The summed E-state index contributed by atoms with van der Waals surface area (Å²) in [7, 11) is 5.84. The molecule has 8 nitrogen and oxygen atoms in total. The zero-order valence-electron chi connectivity index (χ0n) is 18.3. The molecule has 0 aliphatic heterocycles. The topological polar surface area (TPSA) is 89.1 Å². The number of nitrogens with one attached hydrogen (secondary N) is 2. The molecule has 2 amide bonds. The van der Waals surface area contributed by atoms with Gasteiger partial charge in [-0.1, -0.05) is 11.6 Å². The highest BCUT2D eigenvalue weighted by atomic mass is 35.5. The fourth-order valence-electron chi connectivity index (χ4n) is 2.92. The number of methoxy groups -OCH3 is 3. The maximum Gasteiger partial charge on any atom is 0.417 e. The number of hydrogen-bond donors (Lipinski definition) is 2. The van der Waals surface area contributed by atoms with Gasteiger partial charge < -0.3 is 24.8 Å². The minimum atomic E-state index is -4.65. The van der Waals surface area contributed by atoms with Gasteiger partial charge in [-0.15, -0.1) is 0 Å². The van der Waals surface area contributed by atoms with E-state index in [1.807, 2.05) is 0 Å². The molecular formula is C21H23ClF3N3O5. The zero-order valence-corrected chi connectivity index (χ0v) is 19.1. The molecule has 33 heavy (non-hydrogen) atoms. The highest BCUT2D eigenvalue weighted by Gasteiger charge is 2.33. The summed E-state index contributed by atoms with van der Waals surface area (Å²) in [4.78, 5) is 26.0. The molecule has 0 bridgehead atoms. The van der Waals surface area contributed by atoms with E-state index < -0.39 is 28.6 Å². The van der Waals surface area contributed by atoms with E-state index in [1.165, 1.54) is 39.3 Å². The molecule has 180 valence electrons. The molecule has 2 rings (SSSR count). The summed E-state index contributed by atoms with van der Waals surface area (Å²) in [6, 6.07) is 6.15. The SMILES string of the molecule is COc1cc(NC(=O)CN(C)CC(=O)Nc2ccc(Cl)c(C(F)(F)F)c2)cc(OC)c1OC. The van der Waals surface area contributed by atoms with Crippen molar-refractivity contribution in [2.24, 2.45) is 0 Å². The molecule has 0 saturated carbocycles. The molecule has 0 aromatic heterocycles. The lowest BCUT2D eigenvalue weighted by Gasteiger charge is -2.18. The number of likely N-dealkylation sites (N-methyl/N-ethyl adjacent to an activating group) is 1. The van der Waals surface area contributed by atoms with Crippen LogP contribution in [0.1, 0.15) is 5.56 Å². The van der Waals surface area contributed by atoms with Gasteiger partial charge in [0.1, 0.15) is 0 Å². The van der Waals surface area contributed by atoms with Gasteiger partial charge in [-0.25, -0.2) is 0 Å². The summed E-state index contributed by atoms with van der Waals surface area (Å²) in [5, 5.41) is 4.55. The molecule has 0 atom stereocenters. The Morgan fingerprint density at radius 1 is 0.909 bits per heavy atom. The van der Waals surface area contributed by atoms with E-state index in [4.69, 9.17) is 25.8 Å². The number of carbonyl (C=O) groups is 2. The minimum absolute atomic E-state index is 0.0630. The molecule has 2 aromatic carbocycles. The van der Waals surface area contributed by atoms with Crippen LogP contribution in [-0.2, 0) is 15.8 Å². The molecule has 0 aliphatic carbocycles. The lowest BCUT2D eigenvalue weighted by atomic mass is 10.2. The summed E-state index contributed by atoms with van der Waals surface area (Å²) in [6.45, 7) is -0.412. The number of alkyl halides is 3. The van der Waals surface area contributed by atoms with Crippen molar-refractivity contribution in [2.45, 2.75) is 6.18 Å². The van der Waals surface area contributed by atoms with E-state index in [0.29, 0.717) is 22.9 Å². The number of amides is 2. The molecule has 12 heteroatoms. The fraction of sp³-hybridized carbons (Fsp3) is 0.333. The third kappa shape index (κ3) is 7.16. The number of rotatable bonds is 9. The minimum Gasteiger partial charge on any atom is -0.493 e. The monoisotopic (exact) mass is 489 g/mol. The van der Waals surface area contributed by atoms with Crippen molar-refractivity contribution in [3.8, 4) is 17.2 Å². The Kier molecular flexibility index (Phi) is 8.77. The van der Waals surface area contributed by atoms with E-state index in [9.17, 15) is 22.8 Å². The van der Waals surface area contributed by atoms with Gasteiger partial charge in [0.25, 0.3) is 0 Å². The Morgan fingerprint density at radius 2 is 1.42 bits per heavy atom. The number of nitrogens with zero attached hydrogens (tertiary/aromatic N) is 1. The average molecular weight is 490 g/mol. The van der Waals surface area contributed by atoms with Crippen LogP contribution in [0.25, 0.3) is 0 Å². The molecule has 0 unspecified atom stereocenters. The van der Waals surface area contributed by atoms with Crippen LogP contribution in [0.2, 0.25) is 5.02 Å². The first kappa shape index (κ1) is 26.1. The molecule has 0 heterocycles. The van der Waals surface area contributed by atoms with Crippen molar-refractivity contribution in [2.75, 3.05) is 52.1 Å². The molecular weight excluding hydrogens is 467 g/mol. The maximum absolute atomic E-state index is 13.0. The highest BCUT2D eigenvalue weighted by Crippen LogP contribution is 2.40. The predicted molar refractivity (Wildman–Crippen MR) is 117 cm³/mol. The molecule has 0 saturated heterocycles. The van der Waals surface area contributed by atoms with Crippen molar-refractivity contribution >= 4 is 34.8 Å². The smallest absolute Gasteiger partial charge is 0.417 e. The number of ether oxygens (including phenoxy) is 3. The Bertz CT molecular complexity index is 992. The van der Waals surface area contributed by atoms with E-state index in [-0.39, 0.29) is 18.8 Å². The molecule has 0 spiro atoms. The Labute approximate surface area is 193 Å². The van der Waals surface area contributed by atoms with Gasteiger partial charge in [0.2, 0.25) is 17.6 Å². The van der Waals surface area contributed by atoms with E-state index in [1.54, 1.807) is 12.1 Å². The molecule has 2 N–H and O–H groups in total. The van der Waals surface area contributed by atoms with E-state index >= 15 is 0 Å². The largest absolute Gasteiger partial charge is 0.493 e. The van der Waals surface area contributed by atoms with Crippen LogP contribution in [-0.4, -0.2) is 58.2 Å². The predicted octanol–water partition coefficient (Wildman–Crippen LogP) is 3.89. The second-order valence-corrected chi connectivity index (χ2v) is 7.28. The molecule has 0 radical (unpaired) electrons.